The molecular formula is C7H18N2O3S. The lowest BCUT2D eigenvalue weighted by Crippen LogP contribution is -2.35. The molecule has 5 nitrogen and oxygen atoms in total. The molecule has 0 aliphatic rings. The molecule has 1 atom stereocenters. The maximum absolute atomic E-state index is 10.5. The van der Waals surface area contributed by atoms with Gasteiger partial charge in [-0.3, -0.25) is 0 Å². The second kappa shape index (κ2) is 6.31. The lowest BCUT2D eigenvalue weighted by atomic mass is 10.0. The fourth-order valence-corrected chi connectivity index (χ4v) is 1.64. The molecule has 6 heteroatoms. The minimum absolute atomic E-state index is 0.0803. The Morgan fingerprint density at radius 2 is 2.08 bits per heavy atom. The van der Waals surface area contributed by atoms with Crippen molar-refractivity contribution in [2.75, 3.05) is 13.2 Å². The number of hydrogen-bond acceptors (Lipinski definition) is 3. The first-order valence-electron chi connectivity index (χ1n) is 4.37. The SMILES string of the molecule is CCCC(CCO)CNS(N)(=O)=O. The Labute approximate surface area is 79.5 Å². The van der Waals surface area contributed by atoms with Crippen molar-refractivity contribution in [2.45, 2.75) is 26.2 Å². The van der Waals surface area contributed by atoms with Crippen LogP contribution in [-0.4, -0.2) is 26.7 Å². The number of aliphatic hydroxyl groups excluding tert-OH is 1. The topological polar surface area (TPSA) is 92.4 Å². The average molecular weight is 210 g/mol. The average Bonchev–Trinajstić information content (AvgIpc) is 2.00. The van der Waals surface area contributed by atoms with Gasteiger partial charge in [-0.05, 0) is 18.8 Å². The van der Waals surface area contributed by atoms with Crippen molar-refractivity contribution >= 4 is 10.2 Å². The van der Waals surface area contributed by atoms with E-state index < -0.39 is 10.2 Å². The van der Waals surface area contributed by atoms with Gasteiger partial charge >= 0.3 is 0 Å². The van der Waals surface area contributed by atoms with Gasteiger partial charge in [-0.1, -0.05) is 13.3 Å². The van der Waals surface area contributed by atoms with Crippen LogP contribution in [0.3, 0.4) is 0 Å². The zero-order chi connectivity index (χ0) is 10.3. The highest BCUT2D eigenvalue weighted by Crippen LogP contribution is 2.09. The van der Waals surface area contributed by atoms with Crippen LogP contribution in [0, 0.1) is 5.92 Å². The van der Waals surface area contributed by atoms with Gasteiger partial charge in [0.2, 0.25) is 0 Å². The Bertz CT molecular complexity index is 210. The van der Waals surface area contributed by atoms with Gasteiger partial charge in [0.25, 0.3) is 10.2 Å². The molecule has 1 unspecified atom stereocenters. The molecule has 0 aromatic rings. The molecule has 0 saturated carbocycles. The van der Waals surface area contributed by atoms with Crippen molar-refractivity contribution in [3.8, 4) is 0 Å². The summed E-state index contributed by atoms with van der Waals surface area (Å²) in [4.78, 5) is 0. The zero-order valence-electron chi connectivity index (χ0n) is 7.86. The minimum Gasteiger partial charge on any atom is -0.396 e. The highest BCUT2D eigenvalue weighted by atomic mass is 32.2. The summed E-state index contributed by atoms with van der Waals surface area (Å²) in [5.41, 5.74) is 0. The van der Waals surface area contributed by atoms with Gasteiger partial charge in [-0.15, -0.1) is 0 Å². The lowest BCUT2D eigenvalue weighted by Gasteiger charge is -2.14. The Morgan fingerprint density at radius 1 is 1.46 bits per heavy atom. The number of hydrogen-bond donors (Lipinski definition) is 3. The van der Waals surface area contributed by atoms with Crippen LogP contribution < -0.4 is 9.86 Å². The molecule has 0 bridgehead atoms. The predicted octanol–water partition coefficient (Wildman–Crippen LogP) is -0.422. The minimum atomic E-state index is -3.59. The zero-order valence-corrected chi connectivity index (χ0v) is 8.68. The van der Waals surface area contributed by atoms with E-state index in [4.69, 9.17) is 10.2 Å². The smallest absolute Gasteiger partial charge is 0.274 e. The van der Waals surface area contributed by atoms with Crippen molar-refractivity contribution in [3.05, 3.63) is 0 Å². The van der Waals surface area contributed by atoms with E-state index in [1.165, 1.54) is 0 Å². The van der Waals surface area contributed by atoms with Crippen LogP contribution in [-0.2, 0) is 10.2 Å². The number of nitrogens with two attached hydrogens (primary N) is 1. The number of aliphatic hydroxyl groups is 1. The first kappa shape index (κ1) is 12.8. The highest BCUT2D eigenvalue weighted by Gasteiger charge is 2.09. The van der Waals surface area contributed by atoms with Gasteiger partial charge in [0, 0.05) is 13.2 Å². The summed E-state index contributed by atoms with van der Waals surface area (Å²) in [6.07, 6.45) is 2.47. The van der Waals surface area contributed by atoms with E-state index in [1.807, 2.05) is 6.92 Å². The normalized spacial score (nSPS) is 14.4. The van der Waals surface area contributed by atoms with Crippen LogP contribution >= 0.6 is 0 Å². The molecule has 0 radical (unpaired) electrons. The standard InChI is InChI=1S/C7H18N2O3S/c1-2-3-7(4-5-10)6-9-13(8,11)12/h7,9-10H,2-6H2,1H3,(H2,8,11,12). The molecule has 0 heterocycles. The molecule has 0 rings (SSSR count). The molecule has 0 aliphatic heterocycles. The summed E-state index contributed by atoms with van der Waals surface area (Å²) in [7, 11) is -3.59. The van der Waals surface area contributed by atoms with E-state index in [-0.39, 0.29) is 12.5 Å². The molecule has 0 spiro atoms. The van der Waals surface area contributed by atoms with Crippen molar-refractivity contribution in [3.63, 3.8) is 0 Å². The Balaban J connectivity index is 3.81. The molecule has 0 fully saturated rings. The first-order valence-corrected chi connectivity index (χ1v) is 5.92. The van der Waals surface area contributed by atoms with Crippen LogP contribution in [0.15, 0.2) is 0 Å². The third-order valence-electron chi connectivity index (χ3n) is 1.81. The summed E-state index contributed by atoms with van der Waals surface area (Å²) in [5, 5.41) is 13.5. The van der Waals surface area contributed by atoms with Gasteiger partial charge in [0.05, 0.1) is 0 Å². The van der Waals surface area contributed by atoms with Gasteiger partial charge in [-0.25, -0.2) is 9.86 Å². The predicted molar refractivity (Wildman–Crippen MR) is 51.2 cm³/mol. The largest absolute Gasteiger partial charge is 0.396 e. The van der Waals surface area contributed by atoms with Gasteiger partial charge in [-0.2, -0.15) is 8.42 Å². The highest BCUT2D eigenvalue weighted by molar-refractivity contribution is 7.87. The Hall–Kier alpha value is -0.170. The van der Waals surface area contributed by atoms with Crippen LogP contribution in [0.5, 0.6) is 0 Å². The summed E-state index contributed by atoms with van der Waals surface area (Å²) in [6, 6.07) is 0. The summed E-state index contributed by atoms with van der Waals surface area (Å²) in [5.74, 6) is 0.174. The van der Waals surface area contributed by atoms with Crippen LogP contribution in [0.25, 0.3) is 0 Å². The van der Waals surface area contributed by atoms with Crippen molar-refractivity contribution in [1.29, 1.82) is 0 Å². The van der Waals surface area contributed by atoms with Gasteiger partial charge < -0.3 is 5.11 Å². The van der Waals surface area contributed by atoms with Crippen molar-refractivity contribution in [1.82, 2.24) is 4.72 Å². The van der Waals surface area contributed by atoms with Crippen LogP contribution in [0.4, 0.5) is 0 Å². The summed E-state index contributed by atoms with van der Waals surface area (Å²) >= 11 is 0. The van der Waals surface area contributed by atoms with Crippen LogP contribution in [0.2, 0.25) is 0 Å². The third kappa shape index (κ3) is 8.17. The second-order valence-electron chi connectivity index (χ2n) is 3.06. The maximum Gasteiger partial charge on any atom is 0.274 e. The van der Waals surface area contributed by atoms with E-state index >= 15 is 0 Å². The van der Waals surface area contributed by atoms with Gasteiger partial charge in [0.15, 0.2) is 0 Å². The summed E-state index contributed by atoms with van der Waals surface area (Å²) in [6.45, 7) is 2.41. The molecule has 80 valence electrons. The molecule has 4 N–H and O–H groups in total. The van der Waals surface area contributed by atoms with Crippen LogP contribution in [0.1, 0.15) is 26.2 Å². The van der Waals surface area contributed by atoms with E-state index in [0.29, 0.717) is 13.0 Å². The lowest BCUT2D eigenvalue weighted by molar-refractivity contribution is 0.251. The second-order valence-corrected chi connectivity index (χ2v) is 4.44. The molecule has 0 aromatic heterocycles. The molecule has 13 heavy (non-hydrogen) atoms. The van der Waals surface area contributed by atoms with Gasteiger partial charge in [0.1, 0.15) is 0 Å². The molecule has 0 aromatic carbocycles. The molecule has 0 saturated heterocycles. The molecular weight excluding hydrogens is 192 g/mol. The molecule has 0 amide bonds. The van der Waals surface area contributed by atoms with Crippen molar-refractivity contribution in [2.24, 2.45) is 11.1 Å². The van der Waals surface area contributed by atoms with E-state index in [2.05, 4.69) is 4.72 Å². The number of rotatable bonds is 7. The third-order valence-corrected chi connectivity index (χ3v) is 2.38. The fraction of sp³-hybridized carbons (Fsp3) is 1.00. The number of nitrogens with one attached hydrogen (secondary N) is 1. The maximum atomic E-state index is 10.5. The molecule has 0 aliphatic carbocycles. The van der Waals surface area contributed by atoms with E-state index in [9.17, 15) is 8.42 Å². The Kier molecular flexibility index (Phi) is 6.23. The summed E-state index contributed by atoms with van der Waals surface area (Å²) < 4.78 is 23.3. The quantitative estimate of drug-likeness (QED) is 0.533. The van der Waals surface area contributed by atoms with E-state index in [1.54, 1.807) is 0 Å². The van der Waals surface area contributed by atoms with E-state index in [0.717, 1.165) is 12.8 Å². The van der Waals surface area contributed by atoms with Crippen molar-refractivity contribution < 1.29 is 13.5 Å². The fourth-order valence-electron chi connectivity index (χ4n) is 1.17. The Morgan fingerprint density at radius 3 is 2.46 bits per heavy atom. The first-order chi connectivity index (χ1) is 5.99. The monoisotopic (exact) mass is 210 g/mol.